The van der Waals surface area contributed by atoms with Gasteiger partial charge in [-0.2, -0.15) is 0 Å². The molecule has 0 spiro atoms. The Hall–Kier alpha value is -8.72. The van der Waals surface area contributed by atoms with E-state index in [4.69, 9.17) is 0 Å². The Morgan fingerprint density at radius 1 is 0.549 bits per heavy atom. The topological polar surface area (TPSA) is 8.17 Å². The van der Waals surface area contributed by atoms with Gasteiger partial charge in [0.25, 0.3) is 0 Å². The van der Waals surface area contributed by atoms with Crippen LogP contribution in [0.4, 0.5) is 5.69 Å². The summed E-state index contributed by atoms with van der Waals surface area (Å²) in [6.07, 6.45) is 24.9. The number of benzene rings is 9. The average molecular weight is 913 g/mol. The van der Waals surface area contributed by atoms with Crippen molar-refractivity contribution in [1.29, 1.82) is 0 Å². The number of fused-ring (bicyclic) bond motifs is 5. The minimum atomic E-state index is 0.177. The predicted molar refractivity (Wildman–Crippen MR) is 307 cm³/mol. The van der Waals surface area contributed by atoms with Gasteiger partial charge in [-0.25, -0.2) is 0 Å². The lowest BCUT2D eigenvalue weighted by Crippen LogP contribution is -2.36. The van der Waals surface area contributed by atoms with Gasteiger partial charge < -0.3 is 9.47 Å². The zero-order valence-electron chi connectivity index (χ0n) is 40.2. The number of hydrogen-bond acceptors (Lipinski definition) is 1. The van der Waals surface area contributed by atoms with Crippen molar-refractivity contribution in [2.24, 2.45) is 0 Å². The Kier molecular flexibility index (Phi) is 12.9. The zero-order valence-corrected chi connectivity index (χ0v) is 40.2. The van der Waals surface area contributed by atoms with Crippen molar-refractivity contribution in [3.05, 3.63) is 283 Å². The van der Waals surface area contributed by atoms with E-state index in [9.17, 15) is 0 Å². The highest BCUT2D eigenvalue weighted by atomic mass is 15.2. The summed E-state index contributed by atoms with van der Waals surface area (Å²) >= 11 is 0. The first-order chi connectivity index (χ1) is 35.1. The third-order valence-corrected chi connectivity index (χ3v) is 13.8. The molecule has 71 heavy (non-hydrogen) atoms. The number of nitrogens with zero attached hydrogens (tertiary/aromatic N) is 2. The third kappa shape index (κ3) is 9.17. The van der Waals surface area contributed by atoms with Crippen molar-refractivity contribution in [2.75, 3.05) is 4.90 Å². The van der Waals surface area contributed by atoms with Gasteiger partial charge in [0.1, 0.15) is 0 Å². The van der Waals surface area contributed by atoms with Crippen LogP contribution in [0.25, 0.3) is 89.7 Å². The summed E-state index contributed by atoms with van der Waals surface area (Å²) in [6.45, 7) is 5.42. The molecule has 1 unspecified atom stereocenters. The summed E-state index contributed by atoms with van der Waals surface area (Å²) in [6, 6.07) is 75.5. The molecular formula is C69H56N2. The molecule has 2 heteroatoms. The Balaban J connectivity index is 0.00000104. The molecule has 2 nitrogen and oxygen atoms in total. The maximum atomic E-state index is 3.46. The fourth-order valence-electron chi connectivity index (χ4n) is 10.5. The SMILES string of the molecule is C1=CC(N(c2ccccc2)C2C=Cc3c(n(-c4ccccc4)c4cc(/C=C/c5ccc6cc(-c7ccc(-c8ccccc8)c8c(-c9ccccc9)cccc78)ccc6c5)ccc34)C2)=CCC1.C=C/C=C\C. The van der Waals surface area contributed by atoms with E-state index in [1.165, 1.54) is 105 Å². The van der Waals surface area contributed by atoms with Crippen molar-refractivity contribution < 1.29 is 0 Å². The van der Waals surface area contributed by atoms with Crippen molar-refractivity contribution in [3.8, 4) is 39.1 Å². The van der Waals surface area contributed by atoms with Gasteiger partial charge in [0, 0.05) is 40.1 Å². The normalized spacial score (nSPS) is 14.2. The van der Waals surface area contributed by atoms with Gasteiger partial charge in [-0.15, -0.1) is 0 Å². The zero-order chi connectivity index (χ0) is 47.9. The highest BCUT2D eigenvalue weighted by Crippen LogP contribution is 2.42. The van der Waals surface area contributed by atoms with Crippen molar-refractivity contribution in [1.82, 2.24) is 4.57 Å². The summed E-state index contributed by atoms with van der Waals surface area (Å²) in [5.74, 6) is 0. The first kappa shape index (κ1) is 44.8. The maximum Gasteiger partial charge on any atom is 0.0580 e. The van der Waals surface area contributed by atoms with E-state index in [1.54, 1.807) is 6.08 Å². The van der Waals surface area contributed by atoms with Gasteiger partial charge in [-0.05, 0) is 134 Å². The molecule has 1 aromatic heterocycles. The largest absolute Gasteiger partial charge is 0.334 e. The molecule has 342 valence electrons. The highest BCUT2D eigenvalue weighted by molar-refractivity contribution is 6.12. The molecule has 0 N–H and O–H groups in total. The quantitative estimate of drug-likeness (QED) is 0.0980. The van der Waals surface area contributed by atoms with Gasteiger partial charge in [0.05, 0.1) is 11.6 Å². The van der Waals surface area contributed by atoms with Gasteiger partial charge in [0.2, 0.25) is 0 Å². The van der Waals surface area contributed by atoms with Crippen LogP contribution in [0.2, 0.25) is 0 Å². The second-order valence-electron chi connectivity index (χ2n) is 18.3. The fourth-order valence-corrected chi connectivity index (χ4v) is 10.5. The number of hydrogen-bond donors (Lipinski definition) is 0. The molecule has 0 fully saturated rings. The molecule has 12 rings (SSSR count). The van der Waals surface area contributed by atoms with E-state index in [1.807, 2.05) is 19.1 Å². The molecule has 0 amide bonds. The van der Waals surface area contributed by atoms with Crippen LogP contribution in [-0.2, 0) is 6.42 Å². The lowest BCUT2D eigenvalue weighted by atomic mass is 9.87. The van der Waals surface area contributed by atoms with Crippen molar-refractivity contribution >= 4 is 56.4 Å². The molecule has 0 aliphatic heterocycles. The van der Waals surface area contributed by atoms with E-state index in [0.29, 0.717) is 0 Å². The lowest BCUT2D eigenvalue weighted by molar-refractivity contribution is 0.716. The van der Waals surface area contributed by atoms with Crippen molar-refractivity contribution in [2.45, 2.75) is 32.2 Å². The Labute approximate surface area is 418 Å². The second-order valence-corrected chi connectivity index (χ2v) is 18.3. The van der Waals surface area contributed by atoms with Crippen LogP contribution in [0.5, 0.6) is 0 Å². The molecule has 9 aromatic carbocycles. The number of allylic oxidation sites excluding steroid dienone is 6. The minimum Gasteiger partial charge on any atom is -0.334 e. The Bertz CT molecular complexity index is 3630. The Morgan fingerprint density at radius 2 is 1.20 bits per heavy atom. The molecule has 0 radical (unpaired) electrons. The van der Waals surface area contributed by atoms with Crippen LogP contribution in [0.3, 0.4) is 0 Å². The standard InChI is InChI=1S/C64H48N2.C5H8/c1-6-17-47(18-7-1)57-27-16-28-61-56(39-40-58(64(57)61)48-19-8-2-9-20-48)51-35-34-49-41-45(31-33-50(49)43-51)29-30-46-32-37-59-60-38-36-55(44-63(60)66(62(59)42-46)54-25-14-5-15-26-54)65(52-21-10-3-11-22-52)53-23-12-4-13-24-53;1-3-5-4-2/h1-3,5-12,14-43,55H,4,13,44H2;3-5H,1H2,2H3/b30-29+;5-4-. The third-order valence-electron chi connectivity index (χ3n) is 13.8. The molecule has 0 bridgehead atoms. The van der Waals surface area contributed by atoms with E-state index in [2.05, 4.69) is 265 Å². The van der Waals surface area contributed by atoms with E-state index in [0.717, 1.165) is 19.3 Å². The van der Waals surface area contributed by atoms with Gasteiger partial charge in [0.15, 0.2) is 0 Å². The first-order valence-electron chi connectivity index (χ1n) is 24.9. The van der Waals surface area contributed by atoms with Crippen LogP contribution >= 0.6 is 0 Å². The number of aromatic nitrogens is 1. The van der Waals surface area contributed by atoms with Gasteiger partial charge >= 0.3 is 0 Å². The van der Waals surface area contributed by atoms with E-state index >= 15 is 0 Å². The van der Waals surface area contributed by atoms with Crippen LogP contribution in [0.15, 0.2) is 261 Å². The molecule has 10 aromatic rings. The fraction of sp³-hybridized carbons (Fsp3) is 0.0725. The van der Waals surface area contributed by atoms with Crippen LogP contribution in [-0.4, -0.2) is 10.6 Å². The average Bonchev–Trinajstić information content (AvgIpc) is 3.76. The maximum absolute atomic E-state index is 3.46. The first-order valence-corrected chi connectivity index (χ1v) is 24.9. The summed E-state index contributed by atoms with van der Waals surface area (Å²) in [4.78, 5) is 2.52. The number of para-hydroxylation sites is 2. The van der Waals surface area contributed by atoms with Crippen LogP contribution in [0, 0.1) is 0 Å². The van der Waals surface area contributed by atoms with E-state index in [-0.39, 0.29) is 6.04 Å². The number of anilines is 1. The van der Waals surface area contributed by atoms with Crippen molar-refractivity contribution in [3.63, 3.8) is 0 Å². The second kappa shape index (κ2) is 20.5. The molecule has 0 saturated carbocycles. The summed E-state index contributed by atoms with van der Waals surface area (Å²) in [5.41, 5.74) is 17.3. The molecule has 1 atom stereocenters. The minimum absolute atomic E-state index is 0.177. The summed E-state index contributed by atoms with van der Waals surface area (Å²) < 4.78 is 2.50. The van der Waals surface area contributed by atoms with Crippen LogP contribution in [0.1, 0.15) is 42.1 Å². The van der Waals surface area contributed by atoms with Gasteiger partial charge in [-0.3, -0.25) is 0 Å². The highest BCUT2D eigenvalue weighted by Gasteiger charge is 2.28. The molecule has 1 heterocycles. The van der Waals surface area contributed by atoms with E-state index < -0.39 is 0 Å². The number of rotatable bonds is 10. The van der Waals surface area contributed by atoms with Gasteiger partial charge in [-0.1, -0.05) is 225 Å². The molecule has 0 saturated heterocycles. The Morgan fingerprint density at radius 3 is 1.89 bits per heavy atom. The lowest BCUT2D eigenvalue weighted by Gasteiger charge is -2.35. The monoisotopic (exact) mass is 912 g/mol. The molecular weight excluding hydrogens is 857 g/mol. The smallest absolute Gasteiger partial charge is 0.0580 e. The van der Waals surface area contributed by atoms with Crippen LogP contribution < -0.4 is 4.90 Å². The molecule has 2 aliphatic carbocycles. The summed E-state index contributed by atoms with van der Waals surface area (Å²) in [7, 11) is 0. The molecule has 2 aliphatic rings. The predicted octanol–water partition coefficient (Wildman–Crippen LogP) is 18.5. The summed E-state index contributed by atoms with van der Waals surface area (Å²) in [5, 5.41) is 6.27.